The van der Waals surface area contributed by atoms with E-state index in [9.17, 15) is 19.5 Å². The number of carbonyl (C=O) groups is 3. The van der Waals surface area contributed by atoms with Gasteiger partial charge in [0.25, 0.3) is 11.8 Å². The molecular weight excluding hydrogens is 348 g/mol. The molecule has 3 rings (SSSR count). The number of benzene rings is 2. The van der Waals surface area contributed by atoms with Crippen LogP contribution in [0.25, 0.3) is 0 Å². The Morgan fingerprint density at radius 1 is 1.07 bits per heavy atom. The standard InChI is InChI=1S/C20H20N2O5/c1-22(16-8-3-2-4-9-16)18(24)15-7-5-6-14(12-15)17(23)21-20(19(25)26)10-11-27-13-20/h2-9,12H,10-11,13H2,1H3,(H,21,23)(H,25,26). The zero-order valence-electron chi connectivity index (χ0n) is 14.8. The minimum Gasteiger partial charge on any atom is -0.479 e. The van der Waals surface area contributed by atoms with E-state index in [-0.39, 0.29) is 31.1 Å². The van der Waals surface area contributed by atoms with Crippen LogP contribution in [-0.2, 0) is 9.53 Å². The highest BCUT2D eigenvalue weighted by Gasteiger charge is 2.44. The zero-order valence-corrected chi connectivity index (χ0v) is 14.8. The molecule has 2 aromatic rings. The number of aliphatic carboxylic acids is 1. The number of carbonyl (C=O) groups excluding carboxylic acids is 2. The molecule has 1 atom stereocenters. The Bertz CT molecular complexity index is 860. The molecule has 7 heteroatoms. The summed E-state index contributed by atoms with van der Waals surface area (Å²) in [4.78, 5) is 38.3. The summed E-state index contributed by atoms with van der Waals surface area (Å²) in [5.41, 5.74) is -0.154. The number of rotatable bonds is 5. The van der Waals surface area contributed by atoms with E-state index >= 15 is 0 Å². The van der Waals surface area contributed by atoms with Gasteiger partial charge in [-0.3, -0.25) is 9.59 Å². The van der Waals surface area contributed by atoms with Crippen LogP contribution >= 0.6 is 0 Å². The van der Waals surface area contributed by atoms with Crippen molar-refractivity contribution in [3.8, 4) is 0 Å². The fourth-order valence-electron chi connectivity index (χ4n) is 2.93. The number of amides is 2. The lowest BCUT2D eigenvalue weighted by molar-refractivity contribution is -0.144. The number of ether oxygens (including phenoxy) is 1. The van der Waals surface area contributed by atoms with Gasteiger partial charge in [0.1, 0.15) is 0 Å². The third-order valence-electron chi connectivity index (χ3n) is 4.60. The summed E-state index contributed by atoms with van der Waals surface area (Å²) in [6, 6.07) is 15.4. The maximum Gasteiger partial charge on any atom is 0.331 e. The molecule has 0 aromatic heterocycles. The summed E-state index contributed by atoms with van der Waals surface area (Å²) >= 11 is 0. The summed E-state index contributed by atoms with van der Waals surface area (Å²) in [7, 11) is 1.65. The molecule has 2 amide bonds. The number of nitrogens with one attached hydrogen (secondary N) is 1. The second-order valence-electron chi connectivity index (χ2n) is 6.42. The average molecular weight is 368 g/mol. The fraction of sp³-hybridized carbons (Fsp3) is 0.250. The maximum absolute atomic E-state index is 12.7. The number of nitrogens with zero attached hydrogens (tertiary/aromatic N) is 1. The van der Waals surface area contributed by atoms with E-state index in [2.05, 4.69) is 5.32 Å². The lowest BCUT2D eigenvalue weighted by atomic mass is 9.98. The highest BCUT2D eigenvalue weighted by atomic mass is 16.5. The molecule has 140 valence electrons. The van der Waals surface area contributed by atoms with Gasteiger partial charge in [-0.05, 0) is 30.3 Å². The lowest BCUT2D eigenvalue weighted by Gasteiger charge is -2.24. The molecule has 27 heavy (non-hydrogen) atoms. The number of carboxylic acids is 1. The Kier molecular flexibility index (Phi) is 5.23. The van der Waals surface area contributed by atoms with E-state index in [1.165, 1.54) is 11.0 Å². The van der Waals surface area contributed by atoms with Crippen molar-refractivity contribution in [2.75, 3.05) is 25.2 Å². The SMILES string of the molecule is CN(C(=O)c1cccc(C(=O)NC2(C(=O)O)CCOC2)c1)c1ccccc1. The Balaban J connectivity index is 1.80. The van der Waals surface area contributed by atoms with Gasteiger partial charge in [0.2, 0.25) is 0 Å². The maximum atomic E-state index is 12.7. The van der Waals surface area contributed by atoms with Crippen molar-refractivity contribution in [1.82, 2.24) is 5.32 Å². The lowest BCUT2D eigenvalue weighted by Crippen LogP contribution is -2.55. The van der Waals surface area contributed by atoms with Crippen LogP contribution in [0.1, 0.15) is 27.1 Å². The van der Waals surface area contributed by atoms with Gasteiger partial charge in [0.05, 0.1) is 6.61 Å². The molecule has 1 heterocycles. The molecule has 2 N–H and O–H groups in total. The highest BCUT2D eigenvalue weighted by Crippen LogP contribution is 2.21. The van der Waals surface area contributed by atoms with Gasteiger partial charge in [-0.2, -0.15) is 0 Å². The third-order valence-corrected chi connectivity index (χ3v) is 4.60. The Hall–Kier alpha value is -3.19. The first-order valence-corrected chi connectivity index (χ1v) is 8.50. The average Bonchev–Trinajstić information content (AvgIpc) is 3.17. The summed E-state index contributed by atoms with van der Waals surface area (Å²) in [5.74, 6) is -1.96. The predicted octanol–water partition coefficient (Wildman–Crippen LogP) is 1.94. The van der Waals surface area contributed by atoms with Gasteiger partial charge < -0.3 is 20.1 Å². The predicted molar refractivity (Wildman–Crippen MR) is 98.9 cm³/mol. The molecule has 0 spiro atoms. The van der Waals surface area contributed by atoms with E-state index < -0.39 is 17.4 Å². The second kappa shape index (κ2) is 7.59. The number of para-hydroxylation sites is 1. The van der Waals surface area contributed by atoms with Crippen LogP contribution in [0.3, 0.4) is 0 Å². The molecule has 0 aliphatic carbocycles. The first kappa shape index (κ1) is 18.6. The van der Waals surface area contributed by atoms with Gasteiger partial charge in [0, 0.05) is 36.9 Å². The summed E-state index contributed by atoms with van der Waals surface area (Å²) in [6.45, 7) is 0.191. The molecule has 0 radical (unpaired) electrons. The van der Waals surface area contributed by atoms with Crippen LogP contribution in [0, 0.1) is 0 Å². The molecule has 2 aromatic carbocycles. The minimum atomic E-state index is -1.43. The van der Waals surface area contributed by atoms with Crippen LogP contribution in [0.5, 0.6) is 0 Å². The van der Waals surface area contributed by atoms with Gasteiger partial charge in [-0.25, -0.2) is 4.79 Å². The zero-order chi connectivity index (χ0) is 19.4. The molecule has 1 fully saturated rings. The third kappa shape index (κ3) is 3.83. The topological polar surface area (TPSA) is 95.9 Å². The molecule has 7 nitrogen and oxygen atoms in total. The molecular formula is C20H20N2O5. The van der Waals surface area contributed by atoms with Crippen LogP contribution in [0.2, 0.25) is 0 Å². The monoisotopic (exact) mass is 368 g/mol. The molecule has 0 saturated carbocycles. The number of carboxylic acid groups (broad SMARTS) is 1. The van der Waals surface area contributed by atoms with Crippen molar-refractivity contribution < 1.29 is 24.2 Å². The van der Waals surface area contributed by atoms with E-state index in [0.29, 0.717) is 5.56 Å². The van der Waals surface area contributed by atoms with Gasteiger partial charge in [0.15, 0.2) is 5.54 Å². The molecule has 0 bridgehead atoms. The van der Waals surface area contributed by atoms with Crippen LogP contribution < -0.4 is 10.2 Å². The van der Waals surface area contributed by atoms with Crippen molar-refractivity contribution in [3.63, 3.8) is 0 Å². The quantitative estimate of drug-likeness (QED) is 0.841. The normalized spacial score (nSPS) is 18.7. The molecule has 1 unspecified atom stereocenters. The van der Waals surface area contributed by atoms with Gasteiger partial charge in [-0.1, -0.05) is 24.3 Å². The number of hydrogen-bond acceptors (Lipinski definition) is 4. The van der Waals surface area contributed by atoms with Crippen molar-refractivity contribution in [2.24, 2.45) is 0 Å². The minimum absolute atomic E-state index is 0.0799. The molecule has 1 aliphatic rings. The van der Waals surface area contributed by atoms with Crippen LogP contribution in [0.15, 0.2) is 54.6 Å². The summed E-state index contributed by atoms with van der Waals surface area (Å²) in [5, 5.41) is 12.0. The van der Waals surface area contributed by atoms with E-state index in [1.54, 1.807) is 25.2 Å². The first-order chi connectivity index (χ1) is 12.9. The second-order valence-corrected chi connectivity index (χ2v) is 6.42. The summed E-state index contributed by atoms with van der Waals surface area (Å²) in [6.07, 6.45) is 0.198. The van der Waals surface area contributed by atoms with Crippen molar-refractivity contribution in [2.45, 2.75) is 12.0 Å². The Labute approximate surface area is 156 Å². The van der Waals surface area contributed by atoms with E-state index in [0.717, 1.165) is 5.69 Å². The highest BCUT2D eigenvalue weighted by molar-refractivity contribution is 6.07. The van der Waals surface area contributed by atoms with Gasteiger partial charge >= 0.3 is 5.97 Å². The number of hydrogen-bond donors (Lipinski definition) is 2. The Morgan fingerprint density at radius 3 is 2.41 bits per heavy atom. The number of anilines is 1. The van der Waals surface area contributed by atoms with E-state index in [1.807, 2.05) is 30.3 Å². The summed E-state index contributed by atoms with van der Waals surface area (Å²) < 4.78 is 5.14. The molecule has 1 saturated heterocycles. The van der Waals surface area contributed by atoms with E-state index in [4.69, 9.17) is 4.74 Å². The largest absolute Gasteiger partial charge is 0.479 e. The van der Waals surface area contributed by atoms with Crippen LogP contribution in [0.4, 0.5) is 5.69 Å². The smallest absolute Gasteiger partial charge is 0.331 e. The Morgan fingerprint density at radius 2 is 1.78 bits per heavy atom. The van der Waals surface area contributed by atoms with Gasteiger partial charge in [-0.15, -0.1) is 0 Å². The van der Waals surface area contributed by atoms with Crippen LogP contribution in [-0.4, -0.2) is 48.7 Å². The van der Waals surface area contributed by atoms with Crippen molar-refractivity contribution >= 4 is 23.5 Å². The van der Waals surface area contributed by atoms with Crippen molar-refractivity contribution in [1.29, 1.82) is 0 Å². The first-order valence-electron chi connectivity index (χ1n) is 8.50. The van der Waals surface area contributed by atoms with Crippen molar-refractivity contribution in [3.05, 3.63) is 65.7 Å². The fourth-order valence-corrected chi connectivity index (χ4v) is 2.93. The molecule has 1 aliphatic heterocycles.